The molecule has 0 fully saturated rings. The number of hydrogen-bond acceptors (Lipinski definition) is 2. The minimum absolute atomic E-state index is 0.0610. The van der Waals surface area contributed by atoms with Crippen LogP contribution in [0.25, 0.3) is 0 Å². The van der Waals surface area contributed by atoms with Crippen molar-refractivity contribution in [1.29, 1.82) is 0 Å². The molecule has 0 aliphatic heterocycles. The number of fused-ring (bicyclic) bond motifs is 1. The molecule has 3 atom stereocenters. The van der Waals surface area contributed by atoms with Gasteiger partial charge in [0.1, 0.15) is 0 Å². The van der Waals surface area contributed by atoms with Crippen LogP contribution in [0.1, 0.15) is 30.5 Å². The van der Waals surface area contributed by atoms with Gasteiger partial charge in [0, 0.05) is 28.9 Å². The molecule has 0 saturated heterocycles. The van der Waals surface area contributed by atoms with E-state index in [9.17, 15) is 9.00 Å². The van der Waals surface area contributed by atoms with Gasteiger partial charge >= 0.3 is 6.03 Å². The van der Waals surface area contributed by atoms with Crippen molar-refractivity contribution in [3.63, 3.8) is 0 Å². The van der Waals surface area contributed by atoms with Crippen LogP contribution in [-0.2, 0) is 17.2 Å². The first-order chi connectivity index (χ1) is 9.88. The molecule has 21 heavy (non-hydrogen) atoms. The Bertz CT molecular complexity index is 580. The zero-order valence-electron chi connectivity index (χ0n) is 11.9. The second kappa shape index (κ2) is 6.99. The summed E-state index contributed by atoms with van der Waals surface area (Å²) >= 11 is 12.2. The van der Waals surface area contributed by atoms with Gasteiger partial charge in [0.05, 0.1) is 16.1 Å². The minimum atomic E-state index is -0.933. The Labute approximate surface area is 137 Å². The van der Waals surface area contributed by atoms with E-state index < -0.39 is 10.8 Å². The molecular formula is C14H18Cl2N2O2S. The van der Waals surface area contributed by atoms with Crippen molar-refractivity contribution in [2.45, 2.75) is 31.8 Å². The van der Waals surface area contributed by atoms with Crippen molar-refractivity contribution >= 4 is 40.0 Å². The van der Waals surface area contributed by atoms with Gasteiger partial charge in [-0.05, 0) is 37.0 Å². The van der Waals surface area contributed by atoms with Crippen LogP contribution in [-0.4, -0.2) is 28.3 Å². The number of amides is 2. The Hall–Kier alpha value is -0.780. The Morgan fingerprint density at radius 2 is 2.19 bits per heavy atom. The normalized spacial score (nSPS) is 19.7. The smallest absolute Gasteiger partial charge is 0.315 e. The highest BCUT2D eigenvalue weighted by molar-refractivity contribution is 7.84. The first-order valence-corrected chi connectivity index (χ1v) is 9.20. The fourth-order valence-electron chi connectivity index (χ4n) is 2.60. The first kappa shape index (κ1) is 16.6. The first-order valence-electron chi connectivity index (χ1n) is 6.72. The van der Waals surface area contributed by atoms with E-state index in [4.69, 9.17) is 23.2 Å². The molecule has 1 aliphatic rings. The molecule has 4 nitrogen and oxygen atoms in total. The summed E-state index contributed by atoms with van der Waals surface area (Å²) in [6, 6.07) is 3.21. The van der Waals surface area contributed by atoms with Gasteiger partial charge in [0.2, 0.25) is 0 Å². The van der Waals surface area contributed by atoms with Crippen molar-refractivity contribution in [3.8, 4) is 0 Å². The highest BCUT2D eigenvalue weighted by atomic mass is 35.5. The third-order valence-electron chi connectivity index (χ3n) is 3.46. The molecule has 2 N–H and O–H groups in total. The molecule has 1 aromatic carbocycles. The number of carbonyl (C=O) groups is 1. The van der Waals surface area contributed by atoms with Gasteiger partial charge in [-0.3, -0.25) is 4.21 Å². The minimum Gasteiger partial charge on any atom is -0.335 e. The molecule has 0 bridgehead atoms. The van der Waals surface area contributed by atoms with Crippen LogP contribution in [0.15, 0.2) is 12.1 Å². The van der Waals surface area contributed by atoms with Gasteiger partial charge in [-0.15, -0.1) is 0 Å². The molecule has 0 heterocycles. The van der Waals surface area contributed by atoms with E-state index in [1.807, 2.05) is 13.0 Å². The predicted octanol–water partition coefficient (Wildman–Crippen LogP) is 3.05. The molecule has 7 heteroatoms. The van der Waals surface area contributed by atoms with Crippen LogP contribution >= 0.6 is 23.2 Å². The topological polar surface area (TPSA) is 58.2 Å². The van der Waals surface area contributed by atoms with Crippen LogP contribution in [0.4, 0.5) is 4.79 Å². The molecule has 0 aromatic heterocycles. The summed E-state index contributed by atoms with van der Waals surface area (Å²) in [5.74, 6) is 0.441. The summed E-state index contributed by atoms with van der Waals surface area (Å²) in [6.45, 7) is 1.83. The van der Waals surface area contributed by atoms with Crippen molar-refractivity contribution in [2.24, 2.45) is 0 Å². The molecule has 0 radical (unpaired) electrons. The fraction of sp³-hybridized carbons (Fsp3) is 0.500. The van der Waals surface area contributed by atoms with Gasteiger partial charge in [0.15, 0.2) is 0 Å². The van der Waals surface area contributed by atoms with E-state index in [2.05, 4.69) is 10.6 Å². The average molecular weight is 349 g/mol. The average Bonchev–Trinajstić information content (AvgIpc) is 2.76. The molecule has 0 unspecified atom stereocenters. The van der Waals surface area contributed by atoms with Crippen molar-refractivity contribution in [2.75, 3.05) is 12.0 Å². The lowest BCUT2D eigenvalue weighted by Crippen LogP contribution is -2.43. The van der Waals surface area contributed by atoms with Crippen LogP contribution in [0.2, 0.25) is 10.0 Å². The molecule has 2 amide bonds. The summed E-state index contributed by atoms with van der Waals surface area (Å²) in [5, 5.41) is 6.85. The van der Waals surface area contributed by atoms with E-state index in [-0.39, 0.29) is 18.1 Å². The van der Waals surface area contributed by atoms with Crippen LogP contribution < -0.4 is 10.6 Å². The third kappa shape index (κ3) is 4.11. The van der Waals surface area contributed by atoms with E-state index >= 15 is 0 Å². The Morgan fingerprint density at radius 3 is 2.86 bits per heavy atom. The number of urea groups is 1. The van der Waals surface area contributed by atoms with Crippen LogP contribution in [0.3, 0.4) is 0 Å². The standard InChI is InChI=1S/C14H18Cl2N2O2S/c1-8(7-21(2)20)17-14(19)18-12-6-4-10-9(12)3-5-11(15)13(10)16/h3,5,8,12H,4,6-7H2,1-2H3,(H2,17,18,19)/t8-,12-,21-/m1/s1. The lowest BCUT2D eigenvalue weighted by molar-refractivity contribution is 0.235. The van der Waals surface area contributed by atoms with Crippen molar-refractivity contribution < 1.29 is 9.00 Å². The molecule has 116 valence electrons. The number of nitrogens with one attached hydrogen (secondary N) is 2. The van der Waals surface area contributed by atoms with Gasteiger partial charge < -0.3 is 10.6 Å². The summed E-state index contributed by atoms with van der Waals surface area (Å²) in [4.78, 5) is 12.0. The second-order valence-electron chi connectivity index (χ2n) is 5.28. The van der Waals surface area contributed by atoms with Gasteiger partial charge in [-0.25, -0.2) is 4.79 Å². The summed E-state index contributed by atoms with van der Waals surface area (Å²) in [7, 11) is -0.933. The van der Waals surface area contributed by atoms with E-state index in [1.165, 1.54) is 0 Å². The lowest BCUT2D eigenvalue weighted by Gasteiger charge is -2.18. The second-order valence-corrected chi connectivity index (χ2v) is 7.54. The summed E-state index contributed by atoms with van der Waals surface area (Å²) in [5.41, 5.74) is 2.03. The van der Waals surface area contributed by atoms with Crippen LogP contribution in [0, 0.1) is 0 Å². The SMILES string of the molecule is C[C@H](C[S@@](C)=O)NC(=O)N[C@@H]1CCc2c1ccc(Cl)c2Cl. The van der Waals surface area contributed by atoms with Crippen LogP contribution in [0.5, 0.6) is 0 Å². The lowest BCUT2D eigenvalue weighted by atomic mass is 10.1. The highest BCUT2D eigenvalue weighted by Crippen LogP contribution is 2.38. The highest BCUT2D eigenvalue weighted by Gasteiger charge is 2.27. The van der Waals surface area contributed by atoms with E-state index in [0.29, 0.717) is 15.8 Å². The number of benzene rings is 1. The van der Waals surface area contributed by atoms with Gasteiger partial charge in [0.25, 0.3) is 0 Å². The molecule has 0 saturated carbocycles. The summed E-state index contributed by atoms with van der Waals surface area (Å²) in [6.07, 6.45) is 3.22. The monoisotopic (exact) mass is 348 g/mol. The maximum atomic E-state index is 12.0. The number of rotatable bonds is 4. The zero-order chi connectivity index (χ0) is 15.6. The third-order valence-corrected chi connectivity index (χ3v) is 5.27. The summed E-state index contributed by atoms with van der Waals surface area (Å²) < 4.78 is 11.1. The van der Waals surface area contributed by atoms with Gasteiger partial charge in [-0.1, -0.05) is 29.3 Å². The predicted molar refractivity (Wildman–Crippen MR) is 87.6 cm³/mol. The molecule has 0 spiro atoms. The maximum absolute atomic E-state index is 12.0. The molecule has 1 aliphatic carbocycles. The number of hydrogen-bond donors (Lipinski definition) is 2. The largest absolute Gasteiger partial charge is 0.335 e. The number of halogens is 2. The molecule has 1 aromatic rings. The van der Waals surface area contributed by atoms with Crippen molar-refractivity contribution in [1.82, 2.24) is 10.6 Å². The Kier molecular flexibility index (Phi) is 5.52. The zero-order valence-corrected chi connectivity index (χ0v) is 14.2. The number of carbonyl (C=O) groups excluding carboxylic acids is 1. The Balaban J connectivity index is 1.99. The van der Waals surface area contributed by atoms with E-state index in [0.717, 1.165) is 24.0 Å². The van der Waals surface area contributed by atoms with E-state index in [1.54, 1.807) is 12.3 Å². The molecule has 2 rings (SSSR count). The Morgan fingerprint density at radius 1 is 1.48 bits per heavy atom. The fourth-order valence-corrected chi connectivity index (χ4v) is 3.83. The van der Waals surface area contributed by atoms with Gasteiger partial charge in [-0.2, -0.15) is 0 Å². The van der Waals surface area contributed by atoms with Crippen molar-refractivity contribution in [3.05, 3.63) is 33.3 Å². The quantitative estimate of drug-likeness (QED) is 0.878. The maximum Gasteiger partial charge on any atom is 0.315 e. The molecular weight excluding hydrogens is 331 g/mol.